The first-order chi connectivity index (χ1) is 9.33. The quantitative estimate of drug-likeness (QED) is 0.863. The number of piperazine rings is 1. The Balaban J connectivity index is 2.15. The summed E-state index contributed by atoms with van der Waals surface area (Å²) in [4.78, 5) is 26.7. The van der Waals surface area contributed by atoms with Crippen molar-refractivity contribution in [2.75, 3.05) is 6.54 Å². The molecule has 0 radical (unpaired) electrons. The minimum Gasteiger partial charge on any atom is -0.340 e. The summed E-state index contributed by atoms with van der Waals surface area (Å²) in [5, 5.41) is 2.93. The van der Waals surface area contributed by atoms with Crippen molar-refractivity contribution in [1.29, 1.82) is 0 Å². The molecule has 2 rings (SSSR count). The summed E-state index contributed by atoms with van der Waals surface area (Å²) >= 11 is 0. The van der Waals surface area contributed by atoms with E-state index in [2.05, 4.69) is 19.2 Å². The molecule has 4 nitrogen and oxygen atoms in total. The summed E-state index contributed by atoms with van der Waals surface area (Å²) in [7, 11) is 0. The predicted octanol–water partition coefficient (Wildman–Crippen LogP) is 2.47. The lowest BCUT2D eigenvalue weighted by Crippen LogP contribution is -2.68. The van der Waals surface area contributed by atoms with Crippen LogP contribution < -0.4 is 5.32 Å². The summed E-state index contributed by atoms with van der Waals surface area (Å²) < 4.78 is 0. The molecular formula is C16H28N2O2. The number of nitrogens with zero attached hydrogens (tertiary/aromatic N) is 1. The number of carbonyl (C=O) groups is 2. The third kappa shape index (κ3) is 2.70. The third-order valence-electron chi connectivity index (χ3n) is 5.32. The van der Waals surface area contributed by atoms with Gasteiger partial charge in [-0.25, -0.2) is 0 Å². The average Bonchev–Trinajstić information content (AvgIpc) is 2.41. The van der Waals surface area contributed by atoms with Crippen LogP contribution in [-0.4, -0.2) is 34.8 Å². The van der Waals surface area contributed by atoms with Crippen LogP contribution in [0, 0.1) is 5.41 Å². The third-order valence-corrected chi connectivity index (χ3v) is 5.32. The van der Waals surface area contributed by atoms with E-state index in [1.165, 1.54) is 0 Å². The highest BCUT2D eigenvalue weighted by Crippen LogP contribution is 2.38. The highest BCUT2D eigenvalue weighted by atomic mass is 16.2. The number of hydrogen-bond donors (Lipinski definition) is 1. The van der Waals surface area contributed by atoms with Gasteiger partial charge in [-0.05, 0) is 43.9 Å². The maximum absolute atomic E-state index is 12.8. The highest BCUT2D eigenvalue weighted by Gasteiger charge is 2.46. The second kappa shape index (κ2) is 5.38. The summed E-state index contributed by atoms with van der Waals surface area (Å²) in [5.41, 5.74) is -0.285. The Labute approximate surface area is 122 Å². The molecule has 1 N–H and O–H groups in total. The molecule has 4 heteroatoms. The van der Waals surface area contributed by atoms with E-state index in [4.69, 9.17) is 0 Å². The number of rotatable bonds is 3. The summed E-state index contributed by atoms with van der Waals surface area (Å²) in [6, 6.07) is 0.249. The molecule has 1 saturated heterocycles. The lowest BCUT2D eigenvalue weighted by molar-refractivity contribution is -0.154. The molecule has 1 aliphatic carbocycles. The molecule has 2 amide bonds. The van der Waals surface area contributed by atoms with Gasteiger partial charge in [0.25, 0.3) is 0 Å². The maximum Gasteiger partial charge on any atom is 0.249 e. The van der Waals surface area contributed by atoms with E-state index in [1.54, 1.807) is 0 Å². The molecule has 20 heavy (non-hydrogen) atoms. The van der Waals surface area contributed by atoms with Gasteiger partial charge >= 0.3 is 0 Å². The van der Waals surface area contributed by atoms with Gasteiger partial charge in [-0.15, -0.1) is 0 Å². The second-order valence-corrected chi connectivity index (χ2v) is 7.17. The van der Waals surface area contributed by atoms with Crippen LogP contribution in [0.2, 0.25) is 0 Å². The zero-order valence-electron chi connectivity index (χ0n) is 13.3. The van der Waals surface area contributed by atoms with Crippen molar-refractivity contribution in [1.82, 2.24) is 10.2 Å². The van der Waals surface area contributed by atoms with Crippen LogP contribution in [0.3, 0.4) is 0 Å². The van der Waals surface area contributed by atoms with Gasteiger partial charge in [0.1, 0.15) is 5.54 Å². The molecule has 2 aliphatic rings. The van der Waals surface area contributed by atoms with Crippen molar-refractivity contribution in [3.05, 3.63) is 0 Å². The monoisotopic (exact) mass is 280 g/mol. The smallest absolute Gasteiger partial charge is 0.249 e. The molecule has 1 saturated carbocycles. The summed E-state index contributed by atoms with van der Waals surface area (Å²) in [6.07, 6.45) is 5.65. The molecule has 0 unspecified atom stereocenters. The lowest BCUT2D eigenvalue weighted by atomic mass is 9.74. The van der Waals surface area contributed by atoms with E-state index in [0.717, 1.165) is 25.7 Å². The molecule has 2 fully saturated rings. The van der Waals surface area contributed by atoms with Crippen molar-refractivity contribution in [3.63, 3.8) is 0 Å². The standard InChI is InChI=1S/C16H28N2O2/c1-5-16(6-2)14(20)18(11-13(19)17-16)12-7-9-15(3,4)10-8-12/h12H,5-11H2,1-4H3,(H,17,19). The van der Waals surface area contributed by atoms with Gasteiger partial charge < -0.3 is 10.2 Å². The van der Waals surface area contributed by atoms with Crippen LogP contribution in [0.15, 0.2) is 0 Å². The van der Waals surface area contributed by atoms with Gasteiger partial charge in [0.05, 0.1) is 6.54 Å². The van der Waals surface area contributed by atoms with Crippen molar-refractivity contribution in [3.8, 4) is 0 Å². The van der Waals surface area contributed by atoms with Gasteiger partial charge in [-0.1, -0.05) is 27.7 Å². The molecule has 114 valence electrons. The van der Waals surface area contributed by atoms with Gasteiger partial charge in [-0.3, -0.25) is 9.59 Å². The Morgan fingerprint density at radius 2 is 1.70 bits per heavy atom. The molecule has 1 aliphatic heterocycles. The van der Waals surface area contributed by atoms with E-state index in [9.17, 15) is 9.59 Å². The maximum atomic E-state index is 12.8. The molecule has 1 heterocycles. The number of nitrogens with one attached hydrogen (secondary N) is 1. The van der Waals surface area contributed by atoms with Crippen molar-refractivity contribution < 1.29 is 9.59 Å². The minimum atomic E-state index is -0.664. The number of amides is 2. The van der Waals surface area contributed by atoms with E-state index < -0.39 is 5.54 Å². The van der Waals surface area contributed by atoms with Gasteiger partial charge in [0.2, 0.25) is 11.8 Å². The van der Waals surface area contributed by atoms with Crippen LogP contribution in [-0.2, 0) is 9.59 Å². The van der Waals surface area contributed by atoms with Crippen molar-refractivity contribution in [2.45, 2.75) is 77.8 Å². The molecule has 0 bridgehead atoms. The zero-order chi connectivity index (χ0) is 15.0. The van der Waals surface area contributed by atoms with E-state index in [-0.39, 0.29) is 24.4 Å². The van der Waals surface area contributed by atoms with Crippen molar-refractivity contribution >= 4 is 11.8 Å². The molecule has 0 aromatic carbocycles. The predicted molar refractivity (Wildman–Crippen MR) is 79.2 cm³/mol. The Bertz CT molecular complexity index is 389. The van der Waals surface area contributed by atoms with Crippen molar-refractivity contribution in [2.24, 2.45) is 5.41 Å². The molecule has 0 atom stereocenters. The number of hydrogen-bond acceptors (Lipinski definition) is 2. The molecular weight excluding hydrogens is 252 g/mol. The van der Waals surface area contributed by atoms with E-state index >= 15 is 0 Å². The topological polar surface area (TPSA) is 49.4 Å². The Hall–Kier alpha value is -1.06. The Kier molecular flexibility index (Phi) is 4.12. The van der Waals surface area contributed by atoms with Crippen LogP contribution in [0.1, 0.15) is 66.2 Å². The summed E-state index contributed by atoms with van der Waals surface area (Å²) in [5.74, 6) is 0.130. The van der Waals surface area contributed by atoms with E-state index in [1.807, 2.05) is 18.7 Å². The molecule has 0 aromatic heterocycles. The lowest BCUT2D eigenvalue weighted by Gasteiger charge is -2.47. The fourth-order valence-corrected chi connectivity index (χ4v) is 3.58. The molecule has 0 spiro atoms. The van der Waals surface area contributed by atoms with Crippen LogP contribution >= 0.6 is 0 Å². The first-order valence-corrected chi connectivity index (χ1v) is 7.95. The number of carbonyl (C=O) groups excluding carboxylic acids is 2. The zero-order valence-corrected chi connectivity index (χ0v) is 13.3. The van der Waals surface area contributed by atoms with Crippen LogP contribution in [0.25, 0.3) is 0 Å². The van der Waals surface area contributed by atoms with Gasteiger partial charge in [0, 0.05) is 6.04 Å². The fraction of sp³-hybridized carbons (Fsp3) is 0.875. The normalized spacial score (nSPS) is 26.5. The average molecular weight is 280 g/mol. The highest BCUT2D eigenvalue weighted by molar-refractivity contribution is 5.98. The van der Waals surface area contributed by atoms with Gasteiger partial charge in [0.15, 0.2) is 0 Å². The largest absolute Gasteiger partial charge is 0.340 e. The van der Waals surface area contributed by atoms with Crippen LogP contribution in [0.5, 0.6) is 0 Å². The first-order valence-electron chi connectivity index (χ1n) is 7.95. The Morgan fingerprint density at radius 3 is 2.20 bits per heavy atom. The first kappa shape index (κ1) is 15.3. The SMILES string of the molecule is CCC1(CC)NC(=O)CN(C2CCC(C)(C)CC2)C1=O. The second-order valence-electron chi connectivity index (χ2n) is 7.17. The van der Waals surface area contributed by atoms with Crippen LogP contribution in [0.4, 0.5) is 0 Å². The minimum absolute atomic E-state index is 0.00173. The summed E-state index contributed by atoms with van der Waals surface area (Å²) in [6.45, 7) is 8.78. The fourth-order valence-electron chi connectivity index (χ4n) is 3.58. The Morgan fingerprint density at radius 1 is 1.15 bits per heavy atom. The van der Waals surface area contributed by atoms with E-state index in [0.29, 0.717) is 18.3 Å². The molecule has 0 aromatic rings. The van der Waals surface area contributed by atoms with Gasteiger partial charge in [-0.2, -0.15) is 0 Å².